The van der Waals surface area contributed by atoms with Gasteiger partial charge >= 0.3 is 12.1 Å². The van der Waals surface area contributed by atoms with E-state index in [0.29, 0.717) is 6.61 Å². The summed E-state index contributed by atoms with van der Waals surface area (Å²) in [5.41, 5.74) is 2.17. The van der Waals surface area contributed by atoms with Crippen LogP contribution < -0.4 is 10.1 Å². The number of ether oxygens (including phenoxy) is 3. The Bertz CT molecular complexity index is 1050. The average Bonchev–Trinajstić information content (AvgIpc) is 3.13. The molecule has 0 bridgehead atoms. The summed E-state index contributed by atoms with van der Waals surface area (Å²) < 4.78 is 16.4. The molecule has 0 saturated heterocycles. The molecule has 1 atom stereocenters. The van der Waals surface area contributed by atoms with E-state index < -0.39 is 23.7 Å². The number of hydrogen-bond donors (Lipinski definition) is 2. The maximum Gasteiger partial charge on any atom is 0.408 e. The zero-order valence-electron chi connectivity index (χ0n) is 18.9. The van der Waals surface area contributed by atoms with E-state index in [9.17, 15) is 9.59 Å². The molecule has 32 heavy (non-hydrogen) atoms. The third-order valence-electron chi connectivity index (χ3n) is 4.67. The number of aromatic nitrogens is 1. The molecule has 0 aliphatic carbocycles. The Kier molecular flexibility index (Phi) is 7.41. The van der Waals surface area contributed by atoms with Crippen molar-refractivity contribution in [3.8, 4) is 5.75 Å². The number of hydrogen-bond acceptors (Lipinski definition) is 5. The number of carbonyl (C=O) groups excluding carboxylic acids is 2. The number of esters is 1. The predicted octanol–water partition coefficient (Wildman–Crippen LogP) is 4.75. The zero-order valence-corrected chi connectivity index (χ0v) is 18.9. The molecule has 0 saturated carbocycles. The second-order valence-electron chi connectivity index (χ2n) is 8.45. The van der Waals surface area contributed by atoms with Gasteiger partial charge in [0.25, 0.3) is 0 Å². The number of amides is 1. The van der Waals surface area contributed by atoms with Gasteiger partial charge in [0.2, 0.25) is 0 Å². The molecule has 1 amide bonds. The van der Waals surface area contributed by atoms with Gasteiger partial charge in [0.1, 0.15) is 24.0 Å². The summed E-state index contributed by atoms with van der Waals surface area (Å²) in [7, 11) is 0. The highest BCUT2D eigenvalue weighted by Gasteiger charge is 2.26. The predicted molar refractivity (Wildman–Crippen MR) is 123 cm³/mol. The molecule has 1 aromatic heterocycles. The molecule has 0 spiro atoms. The maximum atomic E-state index is 12.5. The Morgan fingerprint density at radius 2 is 1.84 bits per heavy atom. The third kappa shape index (κ3) is 6.51. The summed E-state index contributed by atoms with van der Waals surface area (Å²) in [5.74, 6) is 0.208. The number of aromatic amines is 1. The molecule has 3 aromatic rings. The molecule has 1 unspecified atom stereocenters. The van der Waals surface area contributed by atoms with Crippen LogP contribution in [-0.2, 0) is 27.3 Å². The lowest BCUT2D eigenvalue weighted by molar-refractivity contribution is -0.145. The summed E-state index contributed by atoms with van der Waals surface area (Å²) in [5, 5.41) is 3.55. The third-order valence-corrected chi connectivity index (χ3v) is 4.67. The van der Waals surface area contributed by atoms with Crippen molar-refractivity contribution in [2.45, 2.75) is 52.4 Å². The summed E-state index contributed by atoms with van der Waals surface area (Å²) in [6.45, 7) is 7.70. The van der Waals surface area contributed by atoms with Crippen LogP contribution in [0.4, 0.5) is 4.79 Å². The van der Waals surface area contributed by atoms with Crippen molar-refractivity contribution < 1.29 is 23.8 Å². The van der Waals surface area contributed by atoms with Crippen LogP contribution in [0.25, 0.3) is 10.9 Å². The lowest BCUT2D eigenvalue weighted by Crippen LogP contribution is -2.45. The Morgan fingerprint density at radius 1 is 1.09 bits per heavy atom. The molecule has 0 aliphatic heterocycles. The normalized spacial score (nSPS) is 12.2. The molecular weight excluding hydrogens is 408 g/mol. The smallest absolute Gasteiger partial charge is 0.408 e. The highest BCUT2D eigenvalue weighted by molar-refractivity contribution is 5.87. The molecule has 7 nitrogen and oxygen atoms in total. The number of rotatable bonds is 8. The Labute approximate surface area is 188 Å². The lowest BCUT2D eigenvalue weighted by atomic mass is 10.0. The minimum absolute atomic E-state index is 0.219. The van der Waals surface area contributed by atoms with Gasteiger partial charge in [-0.1, -0.05) is 30.3 Å². The van der Waals surface area contributed by atoms with Gasteiger partial charge in [0.15, 0.2) is 0 Å². The van der Waals surface area contributed by atoms with Crippen LogP contribution >= 0.6 is 0 Å². The Morgan fingerprint density at radius 3 is 2.53 bits per heavy atom. The van der Waals surface area contributed by atoms with E-state index in [1.807, 2.05) is 54.7 Å². The first kappa shape index (κ1) is 23.2. The molecule has 3 rings (SSSR count). The number of fused-ring (bicyclic) bond motifs is 1. The molecule has 2 N–H and O–H groups in total. The fourth-order valence-corrected chi connectivity index (χ4v) is 3.26. The van der Waals surface area contributed by atoms with Gasteiger partial charge in [-0.15, -0.1) is 0 Å². The van der Waals surface area contributed by atoms with Crippen LogP contribution in [0.5, 0.6) is 5.75 Å². The molecule has 0 aliphatic rings. The van der Waals surface area contributed by atoms with Gasteiger partial charge in [-0.25, -0.2) is 9.59 Å². The fourth-order valence-electron chi connectivity index (χ4n) is 3.26. The van der Waals surface area contributed by atoms with Gasteiger partial charge < -0.3 is 24.5 Å². The van der Waals surface area contributed by atoms with Crippen molar-refractivity contribution in [2.75, 3.05) is 6.61 Å². The maximum absolute atomic E-state index is 12.5. The monoisotopic (exact) mass is 438 g/mol. The van der Waals surface area contributed by atoms with Crippen LogP contribution in [0, 0.1) is 0 Å². The topological polar surface area (TPSA) is 89.7 Å². The summed E-state index contributed by atoms with van der Waals surface area (Å²) in [6, 6.07) is 14.8. The van der Waals surface area contributed by atoms with Gasteiger partial charge in [0, 0.05) is 23.5 Å². The fraction of sp³-hybridized carbons (Fsp3) is 0.360. The van der Waals surface area contributed by atoms with Crippen molar-refractivity contribution in [2.24, 2.45) is 0 Å². The minimum atomic E-state index is -0.877. The molecule has 0 radical (unpaired) electrons. The van der Waals surface area contributed by atoms with Gasteiger partial charge in [0.05, 0.1) is 6.61 Å². The van der Waals surface area contributed by atoms with E-state index in [2.05, 4.69) is 10.3 Å². The molecule has 0 fully saturated rings. The van der Waals surface area contributed by atoms with Crippen molar-refractivity contribution in [3.63, 3.8) is 0 Å². The average molecular weight is 439 g/mol. The first-order valence-corrected chi connectivity index (χ1v) is 10.7. The molecular formula is C25H30N2O5. The number of alkyl carbamates (subject to hydrolysis) is 1. The van der Waals surface area contributed by atoms with Crippen LogP contribution in [0.1, 0.15) is 38.8 Å². The summed E-state index contributed by atoms with van der Waals surface area (Å²) in [4.78, 5) is 28.0. The number of carbonyl (C=O) groups is 2. The number of nitrogens with one attached hydrogen (secondary N) is 2. The SMILES string of the molecule is CCOC(=O)C(Cc1c[nH]c2ccc(OCc3ccccc3)cc12)NC(=O)OC(C)(C)C. The first-order valence-electron chi connectivity index (χ1n) is 10.7. The van der Waals surface area contributed by atoms with Crippen molar-refractivity contribution in [3.05, 3.63) is 65.9 Å². The minimum Gasteiger partial charge on any atom is -0.489 e. The van der Waals surface area contributed by atoms with E-state index in [1.54, 1.807) is 27.7 Å². The number of benzene rings is 2. The van der Waals surface area contributed by atoms with E-state index in [-0.39, 0.29) is 13.0 Å². The molecule has 7 heteroatoms. The van der Waals surface area contributed by atoms with E-state index in [4.69, 9.17) is 14.2 Å². The van der Waals surface area contributed by atoms with Gasteiger partial charge in [-0.05, 0) is 57.0 Å². The van der Waals surface area contributed by atoms with E-state index in [1.165, 1.54) is 0 Å². The van der Waals surface area contributed by atoms with Crippen molar-refractivity contribution in [1.82, 2.24) is 10.3 Å². The Balaban J connectivity index is 1.77. The van der Waals surface area contributed by atoms with Crippen LogP contribution in [-0.4, -0.2) is 35.3 Å². The highest BCUT2D eigenvalue weighted by atomic mass is 16.6. The largest absolute Gasteiger partial charge is 0.489 e. The zero-order chi connectivity index (χ0) is 23.1. The van der Waals surface area contributed by atoms with Crippen molar-refractivity contribution >= 4 is 23.0 Å². The quantitative estimate of drug-likeness (QED) is 0.496. The standard InChI is InChI=1S/C25H30N2O5/c1-5-30-23(28)22(27-24(29)32-25(2,3)4)13-18-15-26-21-12-11-19(14-20(18)21)31-16-17-9-7-6-8-10-17/h6-12,14-15,22,26H,5,13,16H2,1-4H3,(H,27,29). The molecule has 2 aromatic carbocycles. The molecule has 170 valence electrons. The summed E-state index contributed by atoms with van der Waals surface area (Å²) >= 11 is 0. The van der Waals surface area contributed by atoms with Crippen LogP contribution in [0.2, 0.25) is 0 Å². The second kappa shape index (κ2) is 10.2. The second-order valence-corrected chi connectivity index (χ2v) is 8.45. The first-order chi connectivity index (χ1) is 15.2. The van der Waals surface area contributed by atoms with Gasteiger partial charge in [-0.2, -0.15) is 0 Å². The van der Waals surface area contributed by atoms with Gasteiger partial charge in [-0.3, -0.25) is 0 Å². The van der Waals surface area contributed by atoms with E-state index >= 15 is 0 Å². The Hall–Kier alpha value is -3.48. The lowest BCUT2D eigenvalue weighted by Gasteiger charge is -2.22. The molecule has 1 heterocycles. The van der Waals surface area contributed by atoms with Crippen molar-refractivity contribution in [1.29, 1.82) is 0 Å². The van der Waals surface area contributed by atoms with Crippen LogP contribution in [0.15, 0.2) is 54.7 Å². The van der Waals surface area contributed by atoms with E-state index in [0.717, 1.165) is 27.8 Å². The number of H-pyrrole nitrogens is 1. The highest BCUT2D eigenvalue weighted by Crippen LogP contribution is 2.25. The summed E-state index contributed by atoms with van der Waals surface area (Å²) in [6.07, 6.45) is 1.41. The van der Waals surface area contributed by atoms with Crippen LogP contribution in [0.3, 0.4) is 0 Å².